The van der Waals surface area contributed by atoms with E-state index >= 15 is 0 Å². The summed E-state index contributed by atoms with van der Waals surface area (Å²) < 4.78 is 0. The molecule has 4 nitrogen and oxygen atoms in total. The van der Waals surface area contributed by atoms with Gasteiger partial charge in [0.25, 0.3) is 0 Å². The summed E-state index contributed by atoms with van der Waals surface area (Å²) in [5, 5.41) is 12.2. The molecule has 1 fully saturated rings. The highest BCUT2D eigenvalue weighted by Gasteiger charge is 2.11. The maximum Gasteiger partial charge on any atom is 0.101 e. The Kier molecular flexibility index (Phi) is 3.65. The third-order valence-corrected chi connectivity index (χ3v) is 3.80. The lowest BCUT2D eigenvalue weighted by molar-refractivity contribution is 0.949. The van der Waals surface area contributed by atoms with Crippen molar-refractivity contribution in [1.29, 1.82) is 5.26 Å². The first kappa shape index (κ1) is 13.3. The van der Waals surface area contributed by atoms with Crippen molar-refractivity contribution < 1.29 is 0 Å². The number of anilines is 4. The van der Waals surface area contributed by atoms with Gasteiger partial charge in [0, 0.05) is 30.2 Å². The van der Waals surface area contributed by atoms with Crippen LogP contribution in [0.1, 0.15) is 18.4 Å². The number of hydrogen-bond donors (Lipinski definition) is 2. The molecule has 21 heavy (non-hydrogen) atoms. The van der Waals surface area contributed by atoms with Crippen LogP contribution in [-0.2, 0) is 0 Å². The maximum absolute atomic E-state index is 8.88. The van der Waals surface area contributed by atoms with Gasteiger partial charge in [-0.15, -0.1) is 0 Å². The number of nitrogens with one attached hydrogen (secondary N) is 1. The molecule has 0 unspecified atom stereocenters. The van der Waals surface area contributed by atoms with E-state index in [0.29, 0.717) is 11.3 Å². The molecule has 1 saturated heterocycles. The van der Waals surface area contributed by atoms with Crippen molar-refractivity contribution in [2.75, 3.05) is 29.0 Å². The van der Waals surface area contributed by atoms with Gasteiger partial charge in [-0.25, -0.2) is 0 Å². The molecule has 0 bridgehead atoms. The first-order valence-electron chi connectivity index (χ1n) is 7.18. The normalized spacial score (nSPS) is 14.0. The second-order valence-electron chi connectivity index (χ2n) is 5.28. The highest BCUT2D eigenvalue weighted by Crippen LogP contribution is 2.25. The number of nitrogens with zero attached hydrogens (tertiary/aromatic N) is 2. The summed E-state index contributed by atoms with van der Waals surface area (Å²) in [6.45, 7) is 2.30. The molecule has 0 spiro atoms. The van der Waals surface area contributed by atoms with Gasteiger partial charge in [-0.05, 0) is 55.3 Å². The zero-order valence-corrected chi connectivity index (χ0v) is 11.8. The smallest absolute Gasteiger partial charge is 0.101 e. The molecule has 0 aliphatic carbocycles. The van der Waals surface area contributed by atoms with Crippen LogP contribution in [0.25, 0.3) is 0 Å². The lowest BCUT2D eigenvalue weighted by Crippen LogP contribution is -2.17. The average Bonchev–Trinajstić information content (AvgIpc) is 3.02. The molecule has 2 aromatic carbocycles. The summed E-state index contributed by atoms with van der Waals surface area (Å²) in [6, 6.07) is 15.9. The van der Waals surface area contributed by atoms with Crippen LogP contribution in [0.15, 0.2) is 42.5 Å². The van der Waals surface area contributed by atoms with Crippen LogP contribution in [-0.4, -0.2) is 13.1 Å². The van der Waals surface area contributed by atoms with E-state index in [0.717, 1.165) is 24.5 Å². The molecule has 1 heterocycles. The fourth-order valence-corrected chi connectivity index (χ4v) is 2.64. The summed E-state index contributed by atoms with van der Waals surface area (Å²) in [7, 11) is 0. The highest BCUT2D eigenvalue weighted by molar-refractivity contribution is 5.68. The van der Waals surface area contributed by atoms with Crippen molar-refractivity contribution in [1.82, 2.24) is 0 Å². The summed E-state index contributed by atoms with van der Waals surface area (Å²) in [6.07, 6.45) is 2.56. The monoisotopic (exact) mass is 278 g/mol. The Morgan fingerprint density at radius 2 is 1.67 bits per heavy atom. The van der Waals surface area contributed by atoms with Crippen LogP contribution in [0, 0.1) is 11.3 Å². The standard InChI is InChI=1S/C17H18N4/c18-12-13-3-4-15(11-17(13)19)20-14-5-7-16(8-6-14)21-9-1-2-10-21/h3-8,11,20H,1-2,9-10,19H2. The zero-order chi connectivity index (χ0) is 14.7. The topological polar surface area (TPSA) is 65.1 Å². The molecular formula is C17H18N4. The van der Waals surface area contributed by atoms with Gasteiger partial charge in [0.15, 0.2) is 0 Å². The molecule has 3 rings (SSSR count). The van der Waals surface area contributed by atoms with E-state index in [9.17, 15) is 0 Å². The van der Waals surface area contributed by atoms with Gasteiger partial charge in [-0.1, -0.05) is 0 Å². The van der Waals surface area contributed by atoms with Crippen molar-refractivity contribution in [2.45, 2.75) is 12.8 Å². The fraction of sp³-hybridized carbons (Fsp3) is 0.235. The molecule has 1 aliphatic rings. The summed E-state index contributed by atoms with van der Waals surface area (Å²) >= 11 is 0. The van der Waals surface area contributed by atoms with Crippen LogP contribution in [0.4, 0.5) is 22.7 Å². The second kappa shape index (κ2) is 5.76. The Morgan fingerprint density at radius 1 is 1.00 bits per heavy atom. The van der Waals surface area contributed by atoms with Crippen LogP contribution in [0.5, 0.6) is 0 Å². The molecule has 0 atom stereocenters. The predicted octanol–water partition coefficient (Wildman–Crippen LogP) is 3.48. The second-order valence-corrected chi connectivity index (χ2v) is 5.28. The average molecular weight is 278 g/mol. The third kappa shape index (κ3) is 2.92. The van der Waals surface area contributed by atoms with E-state index in [-0.39, 0.29) is 0 Å². The number of nitriles is 1. The van der Waals surface area contributed by atoms with E-state index in [1.165, 1.54) is 18.5 Å². The molecule has 1 aliphatic heterocycles. The first-order chi connectivity index (χ1) is 10.3. The van der Waals surface area contributed by atoms with Gasteiger partial charge >= 0.3 is 0 Å². The molecule has 0 saturated carbocycles. The molecular weight excluding hydrogens is 260 g/mol. The Bertz CT molecular complexity index is 664. The molecule has 0 amide bonds. The number of benzene rings is 2. The minimum Gasteiger partial charge on any atom is -0.398 e. The summed E-state index contributed by atoms with van der Waals surface area (Å²) in [5.74, 6) is 0. The Balaban J connectivity index is 1.73. The van der Waals surface area contributed by atoms with E-state index in [4.69, 9.17) is 11.0 Å². The lowest BCUT2D eigenvalue weighted by atomic mass is 10.1. The van der Waals surface area contributed by atoms with E-state index in [2.05, 4.69) is 40.6 Å². The molecule has 2 aromatic rings. The van der Waals surface area contributed by atoms with E-state index in [1.54, 1.807) is 12.1 Å². The van der Waals surface area contributed by atoms with Crippen LogP contribution in [0.2, 0.25) is 0 Å². The van der Waals surface area contributed by atoms with E-state index < -0.39 is 0 Å². The largest absolute Gasteiger partial charge is 0.398 e. The summed E-state index contributed by atoms with van der Waals surface area (Å²) in [5.41, 5.74) is 10.0. The van der Waals surface area contributed by atoms with Gasteiger partial charge in [0.05, 0.1) is 11.3 Å². The Hall–Kier alpha value is -2.67. The number of nitrogens with two attached hydrogens (primary N) is 1. The number of hydrogen-bond acceptors (Lipinski definition) is 4. The summed E-state index contributed by atoms with van der Waals surface area (Å²) in [4.78, 5) is 2.41. The van der Waals surface area contributed by atoms with Gasteiger partial charge < -0.3 is 16.0 Å². The minimum atomic E-state index is 0.496. The van der Waals surface area contributed by atoms with E-state index in [1.807, 2.05) is 6.07 Å². The predicted molar refractivity (Wildman–Crippen MR) is 86.7 cm³/mol. The Morgan fingerprint density at radius 3 is 2.29 bits per heavy atom. The highest BCUT2D eigenvalue weighted by atomic mass is 15.1. The molecule has 4 heteroatoms. The van der Waals surface area contributed by atoms with Crippen molar-refractivity contribution in [3.63, 3.8) is 0 Å². The van der Waals surface area contributed by atoms with Crippen LogP contribution < -0.4 is 16.0 Å². The van der Waals surface area contributed by atoms with Crippen molar-refractivity contribution >= 4 is 22.7 Å². The van der Waals surface area contributed by atoms with Gasteiger partial charge in [-0.3, -0.25) is 0 Å². The van der Waals surface area contributed by atoms with Crippen molar-refractivity contribution in [3.05, 3.63) is 48.0 Å². The van der Waals surface area contributed by atoms with Crippen molar-refractivity contribution in [3.8, 4) is 6.07 Å². The quantitative estimate of drug-likeness (QED) is 0.844. The van der Waals surface area contributed by atoms with Gasteiger partial charge in [-0.2, -0.15) is 5.26 Å². The molecule has 0 radical (unpaired) electrons. The van der Waals surface area contributed by atoms with Crippen LogP contribution in [0.3, 0.4) is 0 Å². The van der Waals surface area contributed by atoms with Gasteiger partial charge in [0.1, 0.15) is 6.07 Å². The fourth-order valence-electron chi connectivity index (χ4n) is 2.64. The maximum atomic E-state index is 8.88. The molecule has 0 aromatic heterocycles. The SMILES string of the molecule is N#Cc1ccc(Nc2ccc(N3CCCC3)cc2)cc1N. The molecule has 106 valence electrons. The number of rotatable bonds is 3. The third-order valence-electron chi connectivity index (χ3n) is 3.80. The van der Waals surface area contributed by atoms with Crippen LogP contribution >= 0.6 is 0 Å². The zero-order valence-electron chi connectivity index (χ0n) is 11.8. The first-order valence-corrected chi connectivity index (χ1v) is 7.18. The number of nitrogen functional groups attached to an aromatic ring is 1. The Labute approximate surface area is 124 Å². The van der Waals surface area contributed by atoms with Gasteiger partial charge in [0.2, 0.25) is 0 Å². The molecule has 3 N–H and O–H groups in total. The van der Waals surface area contributed by atoms with Crippen molar-refractivity contribution in [2.24, 2.45) is 0 Å². The minimum absolute atomic E-state index is 0.496. The lowest BCUT2D eigenvalue weighted by Gasteiger charge is -2.18.